The Kier molecular flexibility index (Phi) is 7.40. The van der Waals surface area contributed by atoms with Gasteiger partial charge in [-0.15, -0.1) is 17.0 Å². The third kappa shape index (κ3) is 5.03. The first-order chi connectivity index (χ1) is 10.1. The van der Waals surface area contributed by atoms with Crippen molar-refractivity contribution in [3.63, 3.8) is 0 Å². The highest BCUT2D eigenvalue weighted by atomic mass is 79.9. The number of ether oxygens (including phenoxy) is 2. The molecule has 1 aliphatic rings. The molecule has 1 aromatic rings. The molecule has 1 saturated heterocycles. The van der Waals surface area contributed by atoms with Crippen molar-refractivity contribution in [2.45, 2.75) is 32.4 Å². The number of nitrogens with two attached hydrogens (primary N) is 1. The summed E-state index contributed by atoms with van der Waals surface area (Å²) in [6.07, 6.45) is 2.33. The van der Waals surface area contributed by atoms with E-state index in [-0.39, 0.29) is 29.6 Å². The lowest BCUT2D eigenvalue weighted by Crippen LogP contribution is -2.37. The number of nitrogens with zero attached hydrogens (tertiary/aromatic N) is 1. The molecule has 0 aromatic carbocycles. The highest BCUT2D eigenvalue weighted by molar-refractivity contribution is 8.93. The van der Waals surface area contributed by atoms with Gasteiger partial charge < -0.3 is 24.9 Å². The summed E-state index contributed by atoms with van der Waals surface area (Å²) in [5, 5.41) is 3.02. The van der Waals surface area contributed by atoms with E-state index >= 15 is 0 Å². The van der Waals surface area contributed by atoms with Gasteiger partial charge in [-0.2, -0.15) is 0 Å². The second-order valence-electron chi connectivity index (χ2n) is 4.89. The van der Waals surface area contributed by atoms with Crippen LogP contribution in [-0.4, -0.2) is 38.3 Å². The van der Waals surface area contributed by atoms with Crippen molar-refractivity contribution in [1.82, 2.24) is 5.32 Å². The summed E-state index contributed by atoms with van der Waals surface area (Å²) >= 11 is 0. The van der Waals surface area contributed by atoms with Gasteiger partial charge in [-0.1, -0.05) is 0 Å². The quantitative estimate of drug-likeness (QED) is 0.460. The van der Waals surface area contributed by atoms with E-state index in [9.17, 15) is 4.79 Å². The first-order valence-corrected chi connectivity index (χ1v) is 6.93. The third-order valence-electron chi connectivity index (χ3n) is 3.31. The maximum Gasteiger partial charge on any atom is 0.341 e. The Hall–Kier alpha value is -1.54. The Labute approximate surface area is 140 Å². The number of aliphatic imine (C=N–C) groups is 1. The van der Waals surface area contributed by atoms with Crippen LogP contribution >= 0.6 is 17.0 Å². The average Bonchev–Trinajstić information content (AvgIpc) is 3.11. The molecule has 0 radical (unpaired) electrons. The Morgan fingerprint density at radius 1 is 1.59 bits per heavy atom. The first-order valence-electron chi connectivity index (χ1n) is 6.93. The van der Waals surface area contributed by atoms with Gasteiger partial charge >= 0.3 is 5.97 Å². The summed E-state index contributed by atoms with van der Waals surface area (Å²) in [4.78, 5) is 15.6. The number of rotatable bonds is 5. The van der Waals surface area contributed by atoms with E-state index in [2.05, 4.69) is 15.0 Å². The summed E-state index contributed by atoms with van der Waals surface area (Å²) < 4.78 is 15.6. The van der Waals surface area contributed by atoms with Crippen LogP contribution in [0.25, 0.3) is 0 Å². The number of furan rings is 1. The van der Waals surface area contributed by atoms with Crippen LogP contribution in [0.3, 0.4) is 0 Å². The number of aryl methyl sites for hydroxylation is 1. The zero-order valence-corrected chi connectivity index (χ0v) is 14.5. The Morgan fingerprint density at radius 3 is 3.00 bits per heavy atom. The summed E-state index contributed by atoms with van der Waals surface area (Å²) in [6, 6.07) is 1.62. The molecule has 3 N–H and O–H groups in total. The third-order valence-corrected chi connectivity index (χ3v) is 3.31. The molecule has 2 rings (SSSR count). The van der Waals surface area contributed by atoms with E-state index in [1.54, 1.807) is 13.0 Å². The molecular formula is C14H22BrN3O4. The number of nitrogens with one attached hydrogen (secondary N) is 1. The fraction of sp³-hybridized carbons (Fsp3) is 0.571. The van der Waals surface area contributed by atoms with E-state index in [4.69, 9.17) is 14.9 Å². The number of hydrogen-bond acceptors (Lipinski definition) is 5. The topological polar surface area (TPSA) is 99.1 Å². The molecule has 7 nitrogen and oxygen atoms in total. The normalized spacial score (nSPS) is 17.9. The molecule has 0 spiro atoms. The standard InChI is InChI=1S/C14H21N3O4.BrH/c1-9-12(13(18)19-2)6-11(21-9)8-17-14(15)16-7-10-4-3-5-20-10;/h6,10H,3-5,7-8H2,1-2H3,(H3,15,16,17);1H. The predicted octanol–water partition coefficient (Wildman–Crippen LogP) is 1.54. The van der Waals surface area contributed by atoms with Crippen molar-refractivity contribution in [2.24, 2.45) is 10.7 Å². The zero-order chi connectivity index (χ0) is 15.2. The largest absolute Gasteiger partial charge is 0.465 e. The van der Waals surface area contributed by atoms with Crippen LogP contribution in [0.15, 0.2) is 15.5 Å². The molecule has 0 bridgehead atoms. The number of guanidine groups is 1. The van der Waals surface area contributed by atoms with Gasteiger partial charge in [-0.25, -0.2) is 9.79 Å². The molecule has 8 heteroatoms. The van der Waals surface area contributed by atoms with Gasteiger partial charge in [0.15, 0.2) is 5.96 Å². The van der Waals surface area contributed by atoms with E-state index < -0.39 is 5.97 Å². The Bertz CT molecular complexity index is 524. The van der Waals surface area contributed by atoms with Gasteiger partial charge in [0.05, 0.1) is 13.2 Å². The number of carbonyl (C=O) groups is 1. The molecule has 0 aliphatic carbocycles. The SMILES string of the molecule is Br.COC(=O)c1cc(CN=C(N)NCC2CCCO2)oc1C. The van der Waals surface area contributed by atoms with Gasteiger partial charge in [0, 0.05) is 13.2 Å². The van der Waals surface area contributed by atoms with Crippen LogP contribution in [0, 0.1) is 6.92 Å². The number of hydrogen-bond donors (Lipinski definition) is 2. The fourth-order valence-corrected chi connectivity index (χ4v) is 2.18. The minimum absolute atomic E-state index is 0. The van der Waals surface area contributed by atoms with E-state index in [1.165, 1.54) is 7.11 Å². The van der Waals surface area contributed by atoms with Crippen molar-refractivity contribution in [3.8, 4) is 0 Å². The van der Waals surface area contributed by atoms with Gasteiger partial charge in [0.1, 0.15) is 23.6 Å². The second kappa shape index (κ2) is 8.79. The molecule has 1 fully saturated rings. The summed E-state index contributed by atoms with van der Waals surface area (Å²) in [6.45, 7) is 3.44. The number of carbonyl (C=O) groups excluding carboxylic acids is 1. The maximum absolute atomic E-state index is 11.5. The van der Waals surface area contributed by atoms with Gasteiger partial charge in [-0.05, 0) is 25.8 Å². The lowest BCUT2D eigenvalue weighted by molar-refractivity contribution is 0.0599. The zero-order valence-electron chi connectivity index (χ0n) is 12.8. The van der Waals surface area contributed by atoms with Crippen LogP contribution < -0.4 is 11.1 Å². The average molecular weight is 376 g/mol. The summed E-state index contributed by atoms with van der Waals surface area (Å²) in [5.74, 6) is 0.989. The van der Waals surface area contributed by atoms with E-state index in [1.807, 2.05) is 0 Å². The van der Waals surface area contributed by atoms with Gasteiger partial charge in [0.25, 0.3) is 0 Å². The smallest absolute Gasteiger partial charge is 0.341 e. The molecule has 1 unspecified atom stereocenters. The van der Waals surface area contributed by atoms with Crippen LogP contribution in [-0.2, 0) is 16.0 Å². The van der Waals surface area contributed by atoms with E-state index in [0.717, 1.165) is 19.4 Å². The van der Waals surface area contributed by atoms with E-state index in [0.29, 0.717) is 29.6 Å². The Morgan fingerprint density at radius 2 is 2.36 bits per heavy atom. The Balaban J connectivity index is 0.00000242. The molecule has 1 aliphatic heterocycles. The molecule has 1 atom stereocenters. The van der Waals surface area contributed by atoms with Gasteiger partial charge in [-0.3, -0.25) is 0 Å². The van der Waals surface area contributed by atoms with Crippen molar-refractivity contribution in [1.29, 1.82) is 0 Å². The maximum atomic E-state index is 11.5. The van der Waals surface area contributed by atoms with Gasteiger partial charge in [0.2, 0.25) is 0 Å². The molecule has 0 saturated carbocycles. The highest BCUT2D eigenvalue weighted by Crippen LogP contribution is 2.16. The fourth-order valence-electron chi connectivity index (χ4n) is 2.18. The van der Waals surface area contributed by atoms with Crippen LogP contribution in [0.1, 0.15) is 34.7 Å². The number of esters is 1. The molecule has 22 heavy (non-hydrogen) atoms. The molecule has 2 heterocycles. The molecule has 124 valence electrons. The lowest BCUT2D eigenvalue weighted by atomic mass is 10.2. The summed E-state index contributed by atoms with van der Waals surface area (Å²) in [7, 11) is 1.33. The number of halogens is 1. The van der Waals surface area contributed by atoms with Crippen molar-refractivity contribution >= 4 is 28.9 Å². The van der Waals surface area contributed by atoms with Crippen LogP contribution in [0.2, 0.25) is 0 Å². The van der Waals surface area contributed by atoms with Crippen LogP contribution in [0.5, 0.6) is 0 Å². The molecular weight excluding hydrogens is 354 g/mol. The minimum Gasteiger partial charge on any atom is -0.465 e. The van der Waals surface area contributed by atoms with Crippen molar-refractivity contribution in [3.05, 3.63) is 23.2 Å². The second-order valence-corrected chi connectivity index (χ2v) is 4.89. The monoisotopic (exact) mass is 375 g/mol. The first kappa shape index (κ1) is 18.5. The predicted molar refractivity (Wildman–Crippen MR) is 87.4 cm³/mol. The van der Waals surface area contributed by atoms with Crippen molar-refractivity contribution in [2.75, 3.05) is 20.3 Å². The highest BCUT2D eigenvalue weighted by Gasteiger charge is 2.16. The summed E-state index contributed by atoms with van der Waals surface area (Å²) in [5.41, 5.74) is 6.19. The van der Waals surface area contributed by atoms with Crippen molar-refractivity contribution < 1.29 is 18.7 Å². The molecule has 0 amide bonds. The number of methoxy groups -OCH3 is 1. The lowest BCUT2D eigenvalue weighted by Gasteiger charge is -2.10. The molecule has 1 aromatic heterocycles. The minimum atomic E-state index is -0.420. The van der Waals surface area contributed by atoms with Crippen LogP contribution in [0.4, 0.5) is 0 Å².